The Morgan fingerprint density at radius 1 is 1.44 bits per heavy atom. The summed E-state index contributed by atoms with van der Waals surface area (Å²) >= 11 is 0. The van der Waals surface area contributed by atoms with Crippen LogP contribution >= 0.6 is 0 Å². The molecule has 6 nitrogen and oxygen atoms in total. The third-order valence-electron chi connectivity index (χ3n) is 5.53. The molecule has 0 aromatic carbocycles. The van der Waals surface area contributed by atoms with Crippen LogP contribution in [0, 0.1) is 18.8 Å². The third-order valence-corrected chi connectivity index (χ3v) is 5.53. The molecule has 3 heterocycles. The van der Waals surface area contributed by atoms with Gasteiger partial charge in [0, 0.05) is 36.5 Å². The zero-order valence-electron chi connectivity index (χ0n) is 14.7. The van der Waals surface area contributed by atoms with Crippen LogP contribution in [0.15, 0.2) is 23.9 Å². The minimum absolute atomic E-state index is 0.186. The molecule has 0 bridgehead atoms. The highest BCUT2D eigenvalue weighted by molar-refractivity contribution is 5.94. The molecule has 3 atom stereocenters. The van der Waals surface area contributed by atoms with Crippen molar-refractivity contribution in [3.05, 3.63) is 29.6 Å². The number of allylic oxidation sites excluding steroid dienone is 1. The highest BCUT2D eigenvalue weighted by Crippen LogP contribution is 2.36. The molecule has 2 aliphatic heterocycles. The largest absolute Gasteiger partial charge is 0.463 e. The first-order valence-corrected chi connectivity index (χ1v) is 9.23. The molecule has 0 saturated carbocycles. The summed E-state index contributed by atoms with van der Waals surface area (Å²) in [5.41, 5.74) is 1.90. The number of likely N-dealkylation sites (tertiary alicyclic amines) is 1. The molecule has 3 aliphatic rings. The Kier molecular flexibility index (Phi) is 4.70. The molecular weight excluding hydrogens is 318 g/mol. The zero-order chi connectivity index (χ0) is 17.2. The Morgan fingerprint density at radius 3 is 3.16 bits per heavy atom. The number of amides is 1. The van der Waals surface area contributed by atoms with E-state index in [2.05, 4.69) is 16.0 Å². The second-order valence-corrected chi connectivity index (χ2v) is 7.25. The second kappa shape index (κ2) is 7.12. The number of fused-ring (bicyclic) bond motifs is 1. The van der Waals surface area contributed by atoms with Gasteiger partial charge in [-0.3, -0.25) is 4.79 Å². The maximum Gasteiger partial charge on any atom is 0.316 e. The number of hydrogen-bond donors (Lipinski definition) is 0. The van der Waals surface area contributed by atoms with E-state index in [0.29, 0.717) is 24.5 Å². The topological polar surface area (TPSA) is 64.6 Å². The standard InChI is InChI=1S/C19H25N3O3/c1-13-6-8-20-19(21-13)24-9-7-15-12-25-17-11-22(10-16(15)17)18(23)14-4-2-3-5-14/h4,6,8,15-17H,2-3,5,7,9-12H2,1H3/t15-,16-,17-/m0/s1. The molecule has 2 saturated heterocycles. The molecule has 25 heavy (non-hydrogen) atoms. The highest BCUT2D eigenvalue weighted by Gasteiger charge is 2.45. The van der Waals surface area contributed by atoms with Gasteiger partial charge in [-0.25, -0.2) is 9.97 Å². The second-order valence-electron chi connectivity index (χ2n) is 7.25. The number of carbonyl (C=O) groups is 1. The first-order valence-electron chi connectivity index (χ1n) is 9.23. The smallest absolute Gasteiger partial charge is 0.316 e. The molecule has 0 radical (unpaired) electrons. The fraction of sp³-hybridized carbons (Fsp3) is 0.632. The number of aryl methyl sites for hydroxylation is 1. The van der Waals surface area contributed by atoms with Crippen LogP contribution in [0.1, 0.15) is 31.4 Å². The van der Waals surface area contributed by atoms with Gasteiger partial charge in [0.2, 0.25) is 5.91 Å². The van der Waals surface area contributed by atoms with E-state index in [4.69, 9.17) is 9.47 Å². The zero-order valence-corrected chi connectivity index (χ0v) is 14.7. The molecule has 0 N–H and O–H groups in total. The van der Waals surface area contributed by atoms with Crippen molar-refractivity contribution in [1.82, 2.24) is 14.9 Å². The number of rotatable bonds is 5. The summed E-state index contributed by atoms with van der Waals surface area (Å²) in [5, 5.41) is 0. The molecule has 4 rings (SSSR count). The van der Waals surface area contributed by atoms with Gasteiger partial charge in [0.15, 0.2) is 0 Å². The van der Waals surface area contributed by atoms with Gasteiger partial charge in [-0.2, -0.15) is 0 Å². The summed E-state index contributed by atoms with van der Waals surface area (Å²) in [6, 6.07) is 2.29. The lowest BCUT2D eigenvalue weighted by Gasteiger charge is -2.20. The number of nitrogens with zero attached hydrogens (tertiary/aromatic N) is 3. The van der Waals surface area contributed by atoms with Crippen molar-refractivity contribution in [3.63, 3.8) is 0 Å². The van der Waals surface area contributed by atoms with E-state index in [0.717, 1.165) is 56.6 Å². The van der Waals surface area contributed by atoms with Gasteiger partial charge in [0.1, 0.15) is 0 Å². The van der Waals surface area contributed by atoms with Gasteiger partial charge in [0.05, 0.1) is 19.3 Å². The van der Waals surface area contributed by atoms with Gasteiger partial charge >= 0.3 is 6.01 Å². The van der Waals surface area contributed by atoms with E-state index >= 15 is 0 Å². The Labute approximate surface area is 148 Å². The number of carbonyl (C=O) groups excluding carboxylic acids is 1. The molecular formula is C19H25N3O3. The monoisotopic (exact) mass is 343 g/mol. The van der Waals surface area contributed by atoms with Crippen LogP contribution in [0.5, 0.6) is 6.01 Å². The van der Waals surface area contributed by atoms with Crippen LogP contribution in [-0.2, 0) is 9.53 Å². The first-order chi connectivity index (χ1) is 12.2. The van der Waals surface area contributed by atoms with Crippen LogP contribution in [-0.4, -0.2) is 53.2 Å². The maximum atomic E-state index is 12.6. The van der Waals surface area contributed by atoms with Crippen molar-refractivity contribution in [2.45, 2.75) is 38.7 Å². The van der Waals surface area contributed by atoms with Crippen LogP contribution in [0.3, 0.4) is 0 Å². The van der Waals surface area contributed by atoms with Crippen LogP contribution in [0.25, 0.3) is 0 Å². The lowest BCUT2D eigenvalue weighted by atomic mass is 9.91. The van der Waals surface area contributed by atoms with Crippen molar-refractivity contribution < 1.29 is 14.3 Å². The Morgan fingerprint density at radius 2 is 2.36 bits per heavy atom. The third kappa shape index (κ3) is 3.54. The first kappa shape index (κ1) is 16.5. The Hall–Kier alpha value is -1.95. The van der Waals surface area contributed by atoms with Gasteiger partial charge in [0.25, 0.3) is 0 Å². The molecule has 0 unspecified atom stereocenters. The van der Waals surface area contributed by atoms with Gasteiger partial charge in [-0.05, 0) is 44.6 Å². The maximum absolute atomic E-state index is 12.6. The van der Waals surface area contributed by atoms with Crippen molar-refractivity contribution in [2.75, 3.05) is 26.3 Å². The van der Waals surface area contributed by atoms with E-state index < -0.39 is 0 Å². The van der Waals surface area contributed by atoms with Crippen LogP contribution in [0.4, 0.5) is 0 Å². The molecule has 1 amide bonds. The summed E-state index contributed by atoms with van der Waals surface area (Å²) in [5.74, 6) is 1.08. The predicted octanol–water partition coefficient (Wildman–Crippen LogP) is 2.14. The molecule has 2 fully saturated rings. The molecule has 1 aromatic heterocycles. The molecule has 1 aromatic rings. The lowest BCUT2D eigenvalue weighted by molar-refractivity contribution is -0.127. The van der Waals surface area contributed by atoms with Crippen molar-refractivity contribution in [1.29, 1.82) is 0 Å². The van der Waals surface area contributed by atoms with Crippen molar-refractivity contribution >= 4 is 5.91 Å². The lowest BCUT2D eigenvalue weighted by Crippen LogP contribution is -2.32. The van der Waals surface area contributed by atoms with E-state index in [1.54, 1.807) is 6.20 Å². The van der Waals surface area contributed by atoms with Crippen LogP contribution in [0.2, 0.25) is 0 Å². The van der Waals surface area contributed by atoms with Gasteiger partial charge in [-0.15, -0.1) is 0 Å². The summed E-state index contributed by atoms with van der Waals surface area (Å²) in [6.45, 7) is 4.82. The number of ether oxygens (including phenoxy) is 2. The summed E-state index contributed by atoms with van der Waals surface area (Å²) < 4.78 is 11.6. The van der Waals surface area contributed by atoms with E-state index in [-0.39, 0.29) is 12.0 Å². The summed E-state index contributed by atoms with van der Waals surface area (Å²) in [6.07, 6.45) is 7.99. The van der Waals surface area contributed by atoms with E-state index in [1.807, 2.05) is 17.9 Å². The SMILES string of the molecule is Cc1ccnc(OCC[C@H]2CO[C@H]3CN(C(=O)C4=CCCC4)C[C@@H]23)n1. The van der Waals surface area contributed by atoms with E-state index in [1.165, 1.54) is 0 Å². The van der Waals surface area contributed by atoms with Gasteiger partial charge < -0.3 is 14.4 Å². The quantitative estimate of drug-likeness (QED) is 0.819. The average molecular weight is 343 g/mol. The Bertz CT molecular complexity index is 676. The number of aromatic nitrogens is 2. The molecule has 134 valence electrons. The van der Waals surface area contributed by atoms with Crippen molar-refractivity contribution in [2.24, 2.45) is 11.8 Å². The summed E-state index contributed by atoms with van der Waals surface area (Å²) in [7, 11) is 0. The summed E-state index contributed by atoms with van der Waals surface area (Å²) in [4.78, 5) is 23.0. The average Bonchev–Trinajstić information content (AvgIpc) is 3.32. The minimum atomic E-state index is 0.186. The molecule has 1 aliphatic carbocycles. The Balaban J connectivity index is 1.29. The predicted molar refractivity (Wildman–Crippen MR) is 92.1 cm³/mol. The fourth-order valence-electron chi connectivity index (χ4n) is 4.13. The van der Waals surface area contributed by atoms with Crippen LogP contribution < -0.4 is 4.74 Å². The number of hydrogen-bond acceptors (Lipinski definition) is 5. The van der Waals surface area contributed by atoms with Crippen molar-refractivity contribution in [3.8, 4) is 6.01 Å². The van der Waals surface area contributed by atoms with E-state index in [9.17, 15) is 4.79 Å². The molecule has 6 heteroatoms. The molecule has 0 spiro atoms. The minimum Gasteiger partial charge on any atom is -0.463 e. The van der Waals surface area contributed by atoms with Gasteiger partial charge in [-0.1, -0.05) is 6.08 Å². The highest BCUT2D eigenvalue weighted by atomic mass is 16.5. The fourth-order valence-corrected chi connectivity index (χ4v) is 4.13. The normalized spacial score (nSPS) is 28.1.